The van der Waals surface area contributed by atoms with Crippen molar-refractivity contribution in [2.75, 3.05) is 32.1 Å². The van der Waals surface area contributed by atoms with Crippen LogP contribution >= 0.6 is 15.9 Å². The lowest BCUT2D eigenvalue weighted by Crippen LogP contribution is -2.40. The first-order valence-electron chi connectivity index (χ1n) is 8.42. The van der Waals surface area contributed by atoms with Gasteiger partial charge in [0.2, 0.25) is 5.91 Å². The molecule has 0 spiro atoms. The molecule has 2 aromatic rings. The fraction of sp³-hybridized carbons (Fsp3) is 0.300. The van der Waals surface area contributed by atoms with Gasteiger partial charge >= 0.3 is 0 Å². The molecule has 0 saturated carbocycles. The zero-order valence-corrected chi connectivity index (χ0v) is 17.1. The van der Waals surface area contributed by atoms with Gasteiger partial charge in [-0.15, -0.1) is 0 Å². The number of anilines is 1. The molecular formula is C20H22BrFN2O3. The summed E-state index contributed by atoms with van der Waals surface area (Å²) in [7, 11) is 1.52. The average molecular weight is 437 g/mol. The van der Waals surface area contributed by atoms with Crippen LogP contribution in [0.2, 0.25) is 0 Å². The average Bonchev–Trinajstić information content (AvgIpc) is 2.62. The summed E-state index contributed by atoms with van der Waals surface area (Å²) in [5.74, 6) is -1.14. The molecule has 5 nitrogen and oxygen atoms in total. The molecule has 0 aliphatic carbocycles. The molecule has 0 bridgehead atoms. The first-order valence-corrected chi connectivity index (χ1v) is 9.22. The van der Waals surface area contributed by atoms with Crippen molar-refractivity contribution in [3.05, 3.63) is 63.4 Å². The Bertz CT molecular complexity index is 842. The lowest BCUT2D eigenvalue weighted by Gasteiger charge is -2.23. The van der Waals surface area contributed by atoms with Crippen LogP contribution in [0, 0.1) is 19.7 Å². The first-order chi connectivity index (χ1) is 12.8. The Morgan fingerprint density at radius 1 is 1.22 bits per heavy atom. The number of hydrogen-bond donors (Lipinski definition) is 1. The SMILES string of the molecule is COCCN(CC(=O)Nc1cccc(C)c1C)C(=O)c1ccc(F)cc1Br. The highest BCUT2D eigenvalue weighted by Crippen LogP contribution is 2.21. The Labute approximate surface area is 166 Å². The number of nitrogens with zero attached hydrogens (tertiary/aromatic N) is 1. The van der Waals surface area contributed by atoms with Gasteiger partial charge in [-0.25, -0.2) is 4.39 Å². The third kappa shape index (κ3) is 5.61. The van der Waals surface area contributed by atoms with Crippen molar-refractivity contribution in [1.29, 1.82) is 0 Å². The second-order valence-electron chi connectivity index (χ2n) is 6.14. The lowest BCUT2D eigenvalue weighted by atomic mass is 10.1. The van der Waals surface area contributed by atoms with Crippen molar-refractivity contribution in [3.63, 3.8) is 0 Å². The van der Waals surface area contributed by atoms with Gasteiger partial charge < -0.3 is 15.0 Å². The van der Waals surface area contributed by atoms with Crippen LogP contribution in [-0.4, -0.2) is 43.5 Å². The van der Waals surface area contributed by atoms with E-state index in [4.69, 9.17) is 4.74 Å². The Kier molecular flexibility index (Phi) is 7.50. The summed E-state index contributed by atoms with van der Waals surface area (Å²) in [4.78, 5) is 26.7. The second-order valence-corrected chi connectivity index (χ2v) is 6.99. The number of nitrogens with one attached hydrogen (secondary N) is 1. The van der Waals surface area contributed by atoms with Crippen LogP contribution in [0.4, 0.5) is 10.1 Å². The van der Waals surface area contributed by atoms with Crippen LogP contribution in [0.5, 0.6) is 0 Å². The predicted molar refractivity (Wildman–Crippen MR) is 106 cm³/mol. The van der Waals surface area contributed by atoms with E-state index in [9.17, 15) is 14.0 Å². The highest BCUT2D eigenvalue weighted by molar-refractivity contribution is 9.10. The molecule has 7 heteroatoms. The van der Waals surface area contributed by atoms with E-state index in [1.165, 1.54) is 30.2 Å². The van der Waals surface area contributed by atoms with E-state index in [0.717, 1.165) is 11.1 Å². The monoisotopic (exact) mass is 436 g/mol. The highest BCUT2D eigenvalue weighted by atomic mass is 79.9. The van der Waals surface area contributed by atoms with Crippen molar-refractivity contribution in [2.45, 2.75) is 13.8 Å². The Balaban J connectivity index is 2.16. The maximum Gasteiger partial charge on any atom is 0.255 e. The minimum Gasteiger partial charge on any atom is -0.383 e. The van der Waals surface area contributed by atoms with Crippen molar-refractivity contribution >= 4 is 33.4 Å². The summed E-state index contributed by atoms with van der Waals surface area (Å²) in [6, 6.07) is 9.47. The molecule has 0 saturated heterocycles. The number of carbonyl (C=O) groups is 2. The number of methoxy groups -OCH3 is 1. The molecule has 0 aromatic heterocycles. The van der Waals surface area contributed by atoms with E-state index in [1.54, 1.807) is 0 Å². The van der Waals surface area contributed by atoms with Crippen molar-refractivity contribution in [2.24, 2.45) is 0 Å². The van der Waals surface area contributed by atoms with Gasteiger partial charge in [-0.2, -0.15) is 0 Å². The smallest absolute Gasteiger partial charge is 0.255 e. The minimum atomic E-state index is -0.450. The lowest BCUT2D eigenvalue weighted by molar-refractivity contribution is -0.117. The van der Waals surface area contributed by atoms with E-state index < -0.39 is 5.82 Å². The minimum absolute atomic E-state index is 0.139. The van der Waals surface area contributed by atoms with E-state index in [2.05, 4.69) is 21.2 Å². The zero-order valence-electron chi connectivity index (χ0n) is 15.5. The number of rotatable bonds is 7. The number of aryl methyl sites for hydroxylation is 1. The summed E-state index contributed by atoms with van der Waals surface area (Å²) in [5, 5.41) is 2.84. The van der Waals surface area contributed by atoms with Crippen molar-refractivity contribution in [1.82, 2.24) is 4.90 Å². The van der Waals surface area contributed by atoms with Crippen LogP contribution in [0.15, 0.2) is 40.9 Å². The fourth-order valence-electron chi connectivity index (χ4n) is 2.54. The molecule has 0 heterocycles. The largest absolute Gasteiger partial charge is 0.383 e. The van der Waals surface area contributed by atoms with E-state index >= 15 is 0 Å². The molecular weight excluding hydrogens is 415 g/mol. The molecule has 1 N–H and O–H groups in total. The first kappa shape index (κ1) is 21.1. The van der Waals surface area contributed by atoms with E-state index in [-0.39, 0.29) is 37.1 Å². The van der Waals surface area contributed by atoms with Gasteiger partial charge in [-0.1, -0.05) is 12.1 Å². The molecule has 0 atom stereocenters. The molecule has 0 radical (unpaired) electrons. The van der Waals surface area contributed by atoms with E-state index in [1.807, 2.05) is 32.0 Å². The van der Waals surface area contributed by atoms with Crippen LogP contribution in [-0.2, 0) is 9.53 Å². The molecule has 0 fully saturated rings. The molecule has 2 amide bonds. The Morgan fingerprint density at radius 2 is 1.96 bits per heavy atom. The normalized spacial score (nSPS) is 10.6. The Morgan fingerprint density at radius 3 is 2.63 bits per heavy atom. The Hall–Kier alpha value is -2.25. The standard InChI is InChI=1S/C20H22BrFN2O3/c1-13-5-4-6-18(14(13)2)23-19(25)12-24(9-10-27-3)20(26)16-8-7-15(22)11-17(16)21/h4-8,11H,9-10,12H2,1-3H3,(H,23,25). The fourth-order valence-corrected chi connectivity index (χ4v) is 3.06. The summed E-state index contributed by atoms with van der Waals surface area (Å²) >= 11 is 3.20. The van der Waals surface area contributed by atoms with E-state index in [0.29, 0.717) is 10.2 Å². The van der Waals surface area contributed by atoms with Gasteiger partial charge in [0.15, 0.2) is 0 Å². The van der Waals surface area contributed by atoms with Crippen LogP contribution in [0.3, 0.4) is 0 Å². The second kappa shape index (κ2) is 9.62. The third-order valence-corrected chi connectivity index (χ3v) is 4.88. The molecule has 144 valence electrons. The summed E-state index contributed by atoms with van der Waals surface area (Å²) < 4.78 is 18.7. The van der Waals surface area contributed by atoms with Crippen LogP contribution < -0.4 is 5.32 Å². The summed E-state index contributed by atoms with van der Waals surface area (Å²) in [6.45, 7) is 4.26. The number of amides is 2. The summed E-state index contributed by atoms with van der Waals surface area (Å²) in [5.41, 5.74) is 3.03. The van der Waals surface area contributed by atoms with Gasteiger partial charge in [-0.05, 0) is 65.2 Å². The molecule has 2 rings (SSSR count). The van der Waals surface area contributed by atoms with Crippen LogP contribution in [0.1, 0.15) is 21.5 Å². The maximum atomic E-state index is 13.3. The quantitative estimate of drug-likeness (QED) is 0.714. The summed E-state index contributed by atoms with van der Waals surface area (Å²) in [6.07, 6.45) is 0. The van der Waals surface area contributed by atoms with Crippen LogP contribution in [0.25, 0.3) is 0 Å². The molecule has 27 heavy (non-hydrogen) atoms. The highest BCUT2D eigenvalue weighted by Gasteiger charge is 2.21. The maximum absolute atomic E-state index is 13.3. The molecule has 0 aliphatic heterocycles. The topological polar surface area (TPSA) is 58.6 Å². The third-order valence-electron chi connectivity index (χ3n) is 4.23. The van der Waals surface area contributed by atoms with Gasteiger partial charge in [0.05, 0.1) is 12.2 Å². The number of halogens is 2. The predicted octanol–water partition coefficient (Wildman–Crippen LogP) is 3.93. The van der Waals surface area contributed by atoms with Gasteiger partial charge in [0.1, 0.15) is 12.4 Å². The van der Waals surface area contributed by atoms with Gasteiger partial charge in [0.25, 0.3) is 5.91 Å². The number of benzene rings is 2. The van der Waals surface area contributed by atoms with Crippen molar-refractivity contribution in [3.8, 4) is 0 Å². The molecule has 0 unspecified atom stereocenters. The number of hydrogen-bond acceptors (Lipinski definition) is 3. The van der Waals surface area contributed by atoms with Gasteiger partial charge in [0, 0.05) is 23.8 Å². The zero-order chi connectivity index (χ0) is 20.0. The number of ether oxygens (including phenoxy) is 1. The van der Waals surface area contributed by atoms with Gasteiger partial charge in [-0.3, -0.25) is 9.59 Å². The molecule has 2 aromatic carbocycles. The molecule has 0 aliphatic rings. The number of carbonyl (C=O) groups excluding carboxylic acids is 2. The van der Waals surface area contributed by atoms with Crippen molar-refractivity contribution < 1.29 is 18.7 Å².